The van der Waals surface area contributed by atoms with E-state index in [2.05, 4.69) is 24.0 Å². The van der Waals surface area contributed by atoms with Crippen LogP contribution in [-0.4, -0.2) is 4.98 Å². The van der Waals surface area contributed by atoms with Crippen molar-refractivity contribution in [1.29, 1.82) is 0 Å². The Morgan fingerprint density at radius 3 is 1.64 bits per heavy atom. The predicted octanol–water partition coefficient (Wildman–Crippen LogP) is 3.72. The molecular weight excluding hydrogens is 334 g/mol. The number of nitrogens with zero attached hydrogens (tertiary/aromatic N) is 1. The first-order chi connectivity index (χ1) is 10.4. The van der Waals surface area contributed by atoms with Crippen LogP contribution in [0.15, 0.2) is 24.4 Å². The molecule has 1 nitrogen and oxygen atoms in total. The van der Waals surface area contributed by atoms with E-state index >= 15 is 0 Å². The van der Waals surface area contributed by atoms with Crippen LogP contribution in [0.3, 0.4) is 0 Å². The molecular formula is C20H35BrN-. The summed E-state index contributed by atoms with van der Waals surface area (Å²) in [5, 5.41) is 0. The van der Waals surface area contributed by atoms with E-state index in [1.54, 1.807) is 0 Å². The van der Waals surface area contributed by atoms with Crippen molar-refractivity contribution >= 4 is 0 Å². The van der Waals surface area contributed by atoms with E-state index < -0.39 is 0 Å². The zero-order valence-corrected chi connectivity index (χ0v) is 16.1. The topological polar surface area (TPSA) is 12.9 Å². The van der Waals surface area contributed by atoms with Gasteiger partial charge in [0.15, 0.2) is 0 Å². The fourth-order valence-corrected chi connectivity index (χ4v) is 2.87. The highest BCUT2D eigenvalue weighted by Gasteiger charge is 1.95. The summed E-state index contributed by atoms with van der Waals surface area (Å²) in [5.74, 6) is 0. The average molecular weight is 369 g/mol. The van der Waals surface area contributed by atoms with E-state index in [0.29, 0.717) is 0 Å². The lowest BCUT2D eigenvalue weighted by atomic mass is 10.0. The van der Waals surface area contributed by atoms with Gasteiger partial charge >= 0.3 is 0 Å². The largest absolute Gasteiger partial charge is 1.00 e. The summed E-state index contributed by atoms with van der Waals surface area (Å²) in [6, 6.07) is 6.22. The van der Waals surface area contributed by atoms with Crippen LogP contribution in [0.1, 0.15) is 96.1 Å². The van der Waals surface area contributed by atoms with Crippen molar-refractivity contribution in [2.75, 3.05) is 0 Å². The van der Waals surface area contributed by atoms with E-state index in [4.69, 9.17) is 0 Å². The number of hydrogen-bond acceptors (Lipinski definition) is 1. The maximum atomic E-state index is 4.37. The minimum Gasteiger partial charge on any atom is -1.00 e. The minimum absolute atomic E-state index is 0. The maximum Gasteiger partial charge on any atom is 0.0403 e. The molecule has 1 aromatic heterocycles. The number of halogens is 1. The molecule has 0 amide bonds. The van der Waals surface area contributed by atoms with Gasteiger partial charge in [0.1, 0.15) is 0 Å². The molecule has 0 aliphatic rings. The van der Waals surface area contributed by atoms with Crippen LogP contribution in [0.2, 0.25) is 0 Å². The lowest BCUT2D eigenvalue weighted by Gasteiger charge is -2.03. The van der Waals surface area contributed by atoms with Gasteiger partial charge in [-0.05, 0) is 25.0 Å². The number of rotatable bonds is 14. The highest BCUT2D eigenvalue weighted by Crippen LogP contribution is 2.13. The molecule has 1 rings (SSSR count). The van der Waals surface area contributed by atoms with Gasteiger partial charge < -0.3 is 17.0 Å². The molecule has 0 radical (unpaired) electrons. The second-order valence-corrected chi connectivity index (χ2v) is 6.31. The minimum atomic E-state index is 0. The molecule has 0 saturated heterocycles. The summed E-state index contributed by atoms with van der Waals surface area (Å²) in [6.45, 7) is 2.29. The predicted molar refractivity (Wildman–Crippen MR) is 93.6 cm³/mol. The van der Waals surface area contributed by atoms with Crippen LogP contribution in [0, 0.1) is 0 Å². The molecule has 22 heavy (non-hydrogen) atoms. The Hall–Kier alpha value is -0.370. The van der Waals surface area contributed by atoms with Crippen LogP contribution in [0.4, 0.5) is 0 Å². The number of aromatic nitrogens is 1. The van der Waals surface area contributed by atoms with E-state index in [9.17, 15) is 0 Å². The molecule has 0 fully saturated rings. The Kier molecular flexibility index (Phi) is 16.7. The molecule has 0 aliphatic carbocycles. The number of hydrogen-bond donors (Lipinski definition) is 0. The molecule has 0 saturated carbocycles. The van der Waals surface area contributed by atoms with Crippen LogP contribution < -0.4 is 17.0 Å². The van der Waals surface area contributed by atoms with Crippen molar-refractivity contribution in [2.24, 2.45) is 0 Å². The fourth-order valence-electron chi connectivity index (χ4n) is 2.87. The lowest BCUT2D eigenvalue weighted by molar-refractivity contribution is -0.00000467. The summed E-state index contributed by atoms with van der Waals surface area (Å²) >= 11 is 0. The van der Waals surface area contributed by atoms with E-state index in [1.807, 2.05) is 12.3 Å². The van der Waals surface area contributed by atoms with Crippen molar-refractivity contribution in [3.63, 3.8) is 0 Å². The standard InChI is InChI=1S/C20H35N.BrH/c1-2-3-4-5-6-7-8-9-10-11-12-13-14-17-20-18-15-16-19-21-20;/h15-16,18-19H,2-14,17H2,1H3;1H/p-1. The monoisotopic (exact) mass is 368 g/mol. The fraction of sp³-hybridized carbons (Fsp3) is 0.750. The third-order valence-electron chi connectivity index (χ3n) is 4.26. The van der Waals surface area contributed by atoms with Crippen molar-refractivity contribution in [1.82, 2.24) is 4.98 Å². The molecule has 1 aromatic rings. The summed E-state index contributed by atoms with van der Waals surface area (Å²) in [4.78, 5) is 4.37. The molecule has 0 atom stereocenters. The van der Waals surface area contributed by atoms with Gasteiger partial charge in [-0.25, -0.2) is 0 Å². The number of unbranched alkanes of at least 4 members (excludes halogenated alkanes) is 12. The van der Waals surface area contributed by atoms with Gasteiger partial charge in [0.2, 0.25) is 0 Å². The maximum absolute atomic E-state index is 4.37. The average Bonchev–Trinajstić information content (AvgIpc) is 2.53. The van der Waals surface area contributed by atoms with Gasteiger partial charge in [0, 0.05) is 11.9 Å². The molecule has 0 unspecified atom stereocenters. The Balaban J connectivity index is 0.00000441. The van der Waals surface area contributed by atoms with Crippen molar-refractivity contribution in [3.05, 3.63) is 30.1 Å². The SMILES string of the molecule is CCCCCCCCCCCCCCCc1ccccn1.[Br-]. The van der Waals surface area contributed by atoms with Crippen LogP contribution in [-0.2, 0) is 6.42 Å². The second kappa shape index (κ2) is 17.0. The summed E-state index contributed by atoms with van der Waals surface area (Å²) in [5.41, 5.74) is 1.25. The Morgan fingerprint density at radius 2 is 1.18 bits per heavy atom. The second-order valence-electron chi connectivity index (χ2n) is 6.31. The van der Waals surface area contributed by atoms with Gasteiger partial charge in [0.05, 0.1) is 0 Å². The first-order valence-electron chi connectivity index (χ1n) is 9.33. The summed E-state index contributed by atoms with van der Waals surface area (Å²) in [7, 11) is 0. The third-order valence-corrected chi connectivity index (χ3v) is 4.26. The van der Waals surface area contributed by atoms with Crippen LogP contribution >= 0.6 is 0 Å². The molecule has 0 aromatic carbocycles. The Morgan fingerprint density at radius 1 is 0.682 bits per heavy atom. The summed E-state index contributed by atoms with van der Waals surface area (Å²) in [6.07, 6.45) is 21.5. The zero-order valence-electron chi connectivity index (χ0n) is 14.5. The van der Waals surface area contributed by atoms with Crippen LogP contribution in [0.5, 0.6) is 0 Å². The molecule has 2 heteroatoms. The summed E-state index contributed by atoms with van der Waals surface area (Å²) < 4.78 is 0. The van der Waals surface area contributed by atoms with Crippen molar-refractivity contribution in [3.8, 4) is 0 Å². The van der Waals surface area contributed by atoms with Gasteiger partial charge in [-0.3, -0.25) is 4.98 Å². The molecule has 128 valence electrons. The lowest BCUT2D eigenvalue weighted by Crippen LogP contribution is -3.00. The highest BCUT2D eigenvalue weighted by molar-refractivity contribution is 5.03. The van der Waals surface area contributed by atoms with Gasteiger partial charge in [0.25, 0.3) is 0 Å². The zero-order chi connectivity index (χ0) is 15.0. The van der Waals surface area contributed by atoms with Crippen LogP contribution in [0.25, 0.3) is 0 Å². The van der Waals surface area contributed by atoms with E-state index in [0.717, 1.165) is 6.42 Å². The molecule has 0 spiro atoms. The van der Waals surface area contributed by atoms with Crippen molar-refractivity contribution in [2.45, 2.75) is 96.8 Å². The molecule has 0 bridgehead atoms. The Labute approximate surface area is 149 Å². The van der Waals surface area contributed by atoms with Gasteiger partial charge in [-0.2, -0.15) is 0 Å². The first-order valence-corrected chi connectivity index (χ1v) is 9.33. The Bertz CT molecular complexity index is 313. The van der Waals surface area contributed by atoms with Crippen molar-refractivity contribution < 1.29 is 17.0 Å². The molecule has 0 N–H and O–H groups in total. The molecule has 1 heterocycles. The number of aryl methyl sites for hydroxylation is 1. The van der Waals surface area contributed by atoms with E-state index in [-0.39, 0.29) is 17.0 Å². The third kappa shape index (κ3) is 13.3. The highest BCUT2D eigenvalue weighted by atomic mass is 79.9. The van der Waals surface area contributed by atoms with Gasteiger partial charge in [-0.15, -0.1) is 0 Å². The smallest absolute Gasteiger partial charge is 0.0403 e. The number of pyridine rings is 1. The van der Waals surface area contributed by atoms with Gasteiger partial charge in [-0.1, -0.05) is 90.0 Å². The normalized spacial score (nSPS) is 10.4. The van der Waals surface area contributed by atoms with E-state index in [1.165, 1.54) is 89.2 Å². The molecule has 0 aliphatic heterocycles. The quantitative estimate of drug-likeness (QED) is 0.456. The first kappa shape index (κ1) is 21.6.